The fourth-order valence-corrected chi connectivity index (χ4v) is 4.65. The summed E-state index contributed by atoms with van der Waals surface area (Å²) in [6, 6.07) is 11.0. The number of carbonyl (C=O) groups is 2. The molecule has 0 unspecified atom stereocenters. The molecule has 1 aliphatic rings. The second-order valence-corrected chi connectivity index (χ2v) is 9.92. The lowest BCUT2D eigenvalue weighted by atomic mass is 9.93. The highest BCUT2D eigenvalue weighted by molar-refractivity contribution is 5.91. The molecule has 6 heteroatoms. The van der Waals surface area contributed by atoms with Crippen molar-refractivity contribution in [1.29, 1.82) is 0 Å². The van der Waals surface area contributed by atoms with Crippen LogP contribution < -0.4 is 9.47 Å². The van der Waals surface area contributed by atoms with E-state index >= 15 is 0 Å². The molecule has 0 amide bonds. The Morgan fingerprint density at radius 3 is 2.30 bits per heavy atom. The Morgan fingerprint density at radius 1 is 0.919 bits per heavy atom. The molecule has 0 bridgehead atoms. The van der Waals surface area contributed by atoms with Crippen LogP contribution in [0.2, 0.25) is 0 Å². The fourth-order valence-electron chi connectivity index (χ4n) is 4.65. The van der Waals surface area contributed by atoms with Gasteiger partial charge in [-0.2, -0.15) is 0 Å². The maximum atomic E-state index is 14.4. The summed E-state index contributed by atoms with van der Waals surface area (Å²) in [6.07, 6.45) is 12.9. The van der Waals surface area contributed by atoms with Gasteiger partial charge in [0.1, 0.15) is 11.9 Å². The number of hydrogen-bond acceptors (Lipinski definition) is 5. The van der Waals surface area contributed by atoms with Crippen LogP contribution >= 0.6 is 0 Å². The van der Waals surface area contributed by atoms with Crippen molar-refractivity contribution >= 4 is 11.9 Å². The molecule has 1 fully saturated rings. The Hall–Kier alpha value is -2.89. The first-order valence-corrected chi connectivity index (χ1v) is 14.0. The molecule has 5 nitrogen and oxygen atoms in total. The lowest BCUT2D eigenvalue weighted by Crippen LogP contribution is -2.10. The van der Waals surface area contributed by atoms with Crippen molar-refractivity contribution in [2.75, 3.05) is 6.61 Å². The standard InChI is InChI=1S/C31H41FO5/c1-3-5-7-9-10-12-20-35-29-19-18-26(22-28(29)32)36-30(33)24-16-14-23(15-17-24)27-21-25(37-31(27)34)13-11-8-6-4-2/h14-19,22,25,27H,3-13,20-21H2,1-2H3/t25-,27-/m1/s1. The van der Waals surface area contributed by atoms with Gasteiger partial charge in [-0.1, -0.05) is 77.3 Å². The van der Waals surface area contributed by atoms with Gasteiger partial charge in [-0.05, 0) is 49.1 Å². The fraction of sp³-hybridized carbons (Fsp3) is 0.548. The molecule has 0 aromatic heterocycles. The van der Waals surface area contributed by atoms with Crippen LogP contribution in [0.15, 0.2) is 42.5 Å². The third-order valence-electron chi connectivity index (χ3n) is 6.86. The van der Waals surface area contributed by atoms with Gasteiger partial charge in [0, 0.05) is 12.5 Å². The van der Waals surface area contributed by atoms with E-state index in [1.54, 1.807) is 24.3 Å². The van der Waals surface area contributed by atoms with Crippen LogP contribution in [0.4, 0.5) is 4.39 Å². The molecule has 1 heterocycles. The van der Waals surface area contributed by atoms with Crippen molar-refractivity contribution in [3.05, 3.63) is 59.4 Å². The quantitative estimate of drug-likeness (QED) is 0.129. The molecule has 3 rings (SSSR count). The third-order valence-corrected chi connectivity index (χ3v) is 6.86. The summed E-state index contributed by atoms with van der Waals surface area (Å²) >= 11 is 0. The average molecular weight is 513 g/mol. The average Bonchev–Trinajstić information content (AvgIpc) is 3.27. The van der Waals surface area contributed by atoms with Gasteiger partial charge in [0.2, 0.25) is 0 Å². The molecule has 0 spiro atoms. The molecule has 1 saturated heterocycles. The minimum Gasteiger partial charge on any atom is -0.491 e. The van der Waals surface area contributed by atoms with E-state index < -0.39 is 11.8 Å². The number of hydrogen-bond donors (Lipinski definition) is 0. The van der Waals surface area contributed by atoms with E-state index in [1.807, 2.05) is 0 Å². The van der Waals surface area contributed by atoms with Crippen molar-refractivity contribution in [1.82, 2.24) is 0 Å². The second-order valence-electron chi connectivity index (χ2n) is 9.92. The zero-order chi connectivity index (χ0) is 26.5. The van der Waals surface area contributed by atoms with Crippen LogP contribution in [-0.4, -0.2) is 24.6 Å². The number of cyclic esters (lactones) is 1. The van der Waals surface area contributed by atoms with Crippen molar-refractivity contribution in [3.8, 4) is 11.5 Å². The SMILES string of the molecule is CCCCCCCCOc1ccc(OC(=O)c2ccc([C@H]3C[C@@H](CCCCCC)OC3=O)cc2)cc1F. The predicted molar refractivity (Wildman–Crippen MR) is 143 cm³/mol. The van der Waals surface area contributed by atoms with Crippen molar-refractivity contribution < 1.29 is 28.2 Å². The summed E-state index contributed by atoms with van der Waals surface area (Å²) in [5.41, 5.74) is 1.16. The molecule has 202 valence electrons. The van der Waals surface area contributed by atoms with E-state index in [4.69, 9.17) is 14.2 Å². The Labute approximate surface area is 220 Å². The zero-order valence-electron chi connectivity index (χ0n) is 22.3. The van der Waals surface area contributed by atoms with Gasteiger partial charge >= 0.3 is 11.9 Å². The monoisotopic (exact) mass is 512 g/mol. The minimum atomic E-state index is -0.588. The summed E-state index contributed by atoms with van der Waals surface area (Å²) < 4.78 is 30.9. The number of carbonyl (C=O) groups excluding carboxylic acids is 2. The van der Waals surface area contributed by atoms with Crippen LogP contribution in [0.25, 0.3) is 0 Å². The lowest BCUT2D eigenvalue weighted by Gasteiger charge is -2.10. The second kappa shape index (κ2) is 15.4. The maximum absolute atomic E-state index is 14.4. The molecule has 1 aliphatic heterocycles. The normalized spacial score (nSPS) is 17.0. The first-order valence-electron chi connectivity index (χ1n) is 14.0. The van der Waals surface area contributed by atoms with Crippen molar-refractivity contribution in [2.45, 2.75) is 103 Å². The summed E-state index contributed by atoms with van der Waals surface area (Å²) in [7, 11) is 0. The first kappa shape index (κ1) is 28.7. The predicted octanol–water partition coefficient (Wildman–Crippen LogP) is 8.15. The number of esters is 2. The minimum absolute atomic E-state index is 0.0355. The van der Waals surface area contributed by atoms with Crippen LogP contribution in [0.3, 0.4) is 0 Å². The van der Waals surface area contributed by atoms with Crippen LogP contribution in [-0.2, 0) is 9.53 Å². The summed E-state index contributed by atoms with van der Waals surface area (Å²) in [6.45, 7) is 4.82. The number of unbranched alkanes of at least 4 members (excludes halogenated alkanes) is 8. The molecule has 0 saturated carbocycles. The van der Waals surface area contributed by atoms with E-state index in [-0.39, 0.29) is 29.5 Å². The van der Waals surface area contributed by atoms with Crippen molar-refractivity contribution in [2.24, 2.45) is 0 Å². The highest BCUT2D eigenvalue weighted by Crippen LogP contribution is 2.33. The van der Waals surface area contributed by atoms with Gasteiger partial charge in [-0.15, -0.1) is 0 Å². The molecular formula is C31H41FO5. The zero-order valence-corrected chi connectivity index (χ0v) is 22.3. The van der Waals surface area contributed by atoms with Gasteiger partial charge in [0.15, 0.2) is 11.6 Å². The van der Waals surface area contributed by atoms with Gasteiger partial charge in [0.05, 0.1) is 18.1 Å². The van der Waals surface area contributed by atoms with Gasteiger partial charge in [0.25, 0.3) is 0 Å². The molecule has 0 aliphatic carbocycles. The number of benzene rings is 2. The van der Waals surface area contributed by atoms with E-state index in [2.05, 4.69) is 13.8 Å². The topological polar surface area (TPSA) is 61.8 Å². The van der Waals surface area contributed by atoms with Gasteiger partial charge in [-0.3, -0.25) is 4.79 Å². The largest absolute Gasteiger partial charge is 0.491 e. The smallest absolute Gasteiger partial charge is 0.343 e. The summed E-state index contributed by atoms with van der Waals surface area (Å²) in [5, 5.41) is 0. The van der Waals surface area contributed by atoms with E-state index in [0.29, 0.717) is 18.6 Å². The number of ether oxygens (including phenoxy) is 3. The van der Waals surface area contributed by atoms with Gasteiger partial charge in [-0.25, -0.2) is 9.18 Å². The first-order chi connectivity index (χ1) is 18.0. The number of rotatable bonds is 16. The van der Waals surface area contributed by atoms with Gasteiger partial charge < -0.3 is 14.2 Å². The van der Waals surface area contributed by atoms with E-state index in [1.165, 1.54) is 50.7 Å². The highest BCUT2D eigenvalue weighted by Gasteiger charge is 2.35. The Kier molecular flexibility index (Phi) is 11.9. The molecular weight excluding hydrogens is 471 g/mol. The molecule has 0 N–H and O–H groups in total. The highest BCUT2D eigenvalue weighted by atomic mass is 19.1. The van der Waals surface area contributed by atoms with Crippen LogP contribution in [0.1, 0.15) is 113 Å². The summed E-state index contributed by atoms with van der Waals surface area (Å²) in [4.78, 5) is 25.0. The molecule has 2 aromatic rings. The Morgan fingerprint density at radius 2 is 1.59 bits per heavy atom. The Balaban J connectivity index is 1.46. The van der Waals surface area contributed by atoms with Crippen LogP contribution in [0, 0.1) is 5.82 Å². The lowest BCUT2D eigenvalue weighted by molar-refractivity contribution is -0.142. The van der Waals surface area contributed by atoms with Crippen LogP contribution in [0.5, 0.6) is 11.5 Å². The molecule has 2 atom stereocenters. The summed E-state index contributed by atoms with van der Waals surface area (Å²) in [5.74, 6) is -1.39. The molecule has 2 aromatic carbocycles. The maximum Gasteiger partial charge on any atom is 0.343 e. The molecule has 0 radical (unpaired) electrons. The van der Waals surface area contributed by atoms with Crippen molar-refractivity contribution in [3.63, 3.8) is 0 Å². The Bertz CT molecular complexity index is 988. The third kappa shape index (κ3) is 9.17. The van der Waals surface area contributed by atoms with E-state index in [9.17, 15) is 14.0 Å². The van der Waals surface area contributed by atoms with E-state index in [0.717, 1.165) is 43.7 Å². The molecule has 37 heavy (non-hydrogen) atoms. The number of halogens is 1.